The SMILES string of the molecule is Cc1c(C(=O)N2CCC3CCC(C2)N3)cnn1-c1ccccc1F.Cl. The molecule has 1 N–H and O–H groups in total. The first kappa shape index (κ1) is 17.9. The number of amides is 1. The van der Waals surface area contributed by atoms with Gasteiger partial charge in [-0.1, -0.05) is 12.1 Å². The maximum absolute atomic E-state index is 14.0. The molecule has 2 saturated heterocycles. The van der Waals surface area contributed by atoms with Crippen LogP contribution in [0.4, 0.5) is 4.39 Å². The Hall–Kier alpha value is -1.92. The predicted molar refractivity (Wildman–Crippen MR) is 96.0 cm³/mol. The number of hydrogen-bond donors (Lipinski definition) is 1. The van der Waals surface area contributed by atoms with Gasteiger partial charge in [-0.05, 0) is 38.3 Å². The van der Waals surface area contributed by atoms with Crippen molar-refractivity contribution in [3.63, 3.8) is 0 Å². The molecule has 4 rings (SSSR count). The van der Waals surface area contributed by atoms with Crippen LogP contribution < -0.4 is 5.32 Å². The molecule has 2 fully saturated rings. The van der Waals surface area contributed by atoms with Crippen molar-refractivity contribution in [2.24, 2.45) is 0 Å². The number of hydrogen-bond acceptors (Lipinski definition) is 3. The summed E-state index contributed by atoms with van der Waals surface area (Å²) in [6, 6.07) is 7.40. The third kappa shape index (κ3) is 3.28. The second-order valence-electron chi connectivity index (χ2n) is 6.68. The smallest absolute Gasteiger partial charge is 0.257 e. The van der Waals surface area contributed by atoms with Gasteiger partial charge in [0.15, 0.2) is 0 Å². The van der Waals surface area contributed by atoms with Crippen molar-refractivity contribution in [3.05, 3.63) is 47.5 Å². The Morgan fingerprint density at radius 2 is 2.00 bits per heavy atom. The molecule has 2 aromatic rings. The van der Waals surface area contributed by atoms with Crippen LogP contribution in [0.25, 0.3) is 5.69 Å². The van der Waals surface area contributed by atoms with Crippen molar-refractivity contribution < 1.29 is 9.18 Å². The Balaban J connectivity index is 0.00000182. The lowest BCUT2D eigenvalue weighted by Gasteiger charge is -2.24. The Bertz CT molecular complexity index is 778. The van der Waals surface area contributed by atoms with Crippen LogP contribution in [0.1, 0.15) is 35.3 Å². The van der Waals surface area contributed by atoms with Gasteiger partial charge in [-0.25, -0.2) is 9.07 Å². The lowest BCUT2D eigenvalue weighted by Crippen LogP contribution is -2.39. The molecule has 5 nitrogen and oxygen atoms in total. The number of fused-ring (bicyclic) bond motifs is 2. The number of para-hydroxylation sites is 1. The molecule has 0 aliphatic carbocycles. The zero-order valence-electron chi connectivity index (χ0n) is 14.1. The number of carbonyl (C=O) groups excluding carboxylic acids is 1. The number of nitrogens with zero attached hydrogens (tertiary/aromatic N) is 3. The molecule has 0 radical (unpaired) electrons. The maximum atomic E-state index is 14.0. The summed E-state index contributed by atoms with van der Waals surface area (Å²) in [5, 5.41) is 7.83. The summed E-state index contributed by atoms with van der Waals surface area (Å²) in [4.78, 5) is 14.8. The predicted octanol–water partition coefficient (Wildman–Crippen LogP) is 2.71. The molecule has 2 unspecified atom stereocenters. The fourth-order valence-corrected chi connectivity index (χ4v) is 3.78. The molecule has 25 heavy (non-hydrogen) atoms. The van der Waals surface area contributed by atoms with E-state index in [9.17, 15) is 9.18 Å². The summed E-state index contributed by atoms with van der Waals surface area (Å²) in [7, 11) is 0. The van der Waals surface area contributed by atoms with E-state index in [1.165, 1.54) is 17.2 Å². The second-order valence-corrected chi connectivity index (χ2v) is 6.68. The minimum atomic E-state index is -0.348. The quantitative estimate of drug-likeness (QED) is 0.891. The van der Waals surface area contributed by atoms with Crippen molar-refractivity contribution in [1.29, 1.82) is 0 Å². The first-order valence-corrected chi connectivity index (χ1v) is 8.48. The molecule has 3 heterocycles. The molecule has 0 spiro atoms. The monoisotopic (exact) mass is 364 g/mol. The number of likely N-dealkylation sites (tertiary alicyclic amines) is 1. The van der Waals surface area contributed by atoms with Gasteiger partial charge in [0, 0.05) is 25.2 Å². The summed E-state index contributed by atoms with van der Waals surface area (Å²) < 4.78 is 15.5. The molecule has 7 heteroatoms. The number of rotatable bonds is 2. The normalized spacial score (nSPS) is 22.4. The standard InChI is InChI=1S/C18H21FN4O.ClH/c1-12-15(10-20-23(12)17-5-3-2-4-16(17)19)18(24)22-9-8-13-6-7-14(11-22)21-13;/h2-5,10,13-14,21H,6-9,11H2,1H3;1H. The molecule has 2 atom stereocenters. The van der Waals surface area contributed by atoms with Crippen molar-refractivity contribution in [2.45, 2.75) is 38.3 Å². The Kier molecular flexibility index (Phi) is 5.11. The zero-order valence-corrected chi connectivity index (χ0v) is 14.9. The summed E-state index contributed by atoms with van der Waals surface area (Å²) >= 11 is 0. The summed E-state index contributed by atoms with van der Waals surface area (Å²) in [5.41, 5.74) is 1.59. The summed E-state index contributed by atoms with van der Waals surface area (Å²) in [6.45, 7) is 3.31. The third-order valence-corrected chi connectivity index (χ3v) is 5.13. The van der Waals surface area contributed by atoms with Crippen LogP contribution in [0.2, 0.25) is 0 Å². The molecular formula is C18H22ClFN4O. The maximum Gasteiger partial charge on any atom is 0.257 e. The highest BCUT2D eigenvalue weighted by Crippen LogP contribution is 2.23. The van der Waals surface area contributed by atoms with Gasteiger partial charge in [0.25, 0.3) is 5.91 Å². The van der Waals surface area contributed by atoms with E-state index >= 15 is 0 Å². The van der Waals surface area contributed by atoms with E-state index in [1.807, 2.05) is 11.8 Å². The topological polar surface area (TPSA) is 50.2 Å². The Labute approximate surface area is 152 Å². The van der Waals surface area contributed by atoms with Crippen molar-refractivity contribution in [3.8, 4) is 5.69 Å². The third-order valence-electron chi connectivity index (χ3n) is 5.13. The first-order valence-electron chi connectivity index (χ1n) is 8.48. The molecule has 1 aromatic heterocycles. The molecule has 134 valence electrons. The summed E-state index contributed by atoms with van der Waals surface area (Å²) in [6.07, 6.45) is 4.88. The number of carbonyl (C=O) groups is 1. The van der Waals surface area contributed by atoms with Gasteiger partial charge in [0.05, 0.1) is 17.5 Å². The van der Waals surface area contributed by atoms with Crippen LogP contribution in [0.15, 0.2) is 30.5 Å². The highest BCUT2D eigenvalue weighted by Gasteiger charge is 2.32. The van der Waals surface area contributed by atoms with Gasteiger partial charge in [0.2, 0.25) is 0 Å². The minimum absolute atomic E-state index is 0. The van der Waals surface area contributed by atoms with Crippen LogP contribution in [0.5, 0.6) is 0 Å². The highest BCUT2D eigenvalue weighted by atomic mass is 35.5. The van der Waals surface area contributed by atoms with E-state index in [4.69, 9.17) is 0 Å². The zero-order chi connectivity index (χ0) is 16.7. The number of benzene rings is 1. The summed E-state index contributed by atoms with van der Waals surface area (Å²) in [5.74, 6) is -0.358. The van der Waals surface area contributed by atoms with Crippen molar-refractivity contribution in [1.82, 2.24) is 20.0 Å². The first-order chi connectivity index (χ1) is 11.6. The molecule has 0 saturated carbocycles. The minimum Gasteiger partial charge on any atom is -0.337 e. The molecule has 1 amide bonds. The van der Waals surface area contributed by atoms with Crippen LogP contribution in [0, 0.1) is 12.7 Å². The van der Waals surface area contributed by atoms with E-state index in [-0.39, 0.29) is 24.1 Å². The van der Waals surface area contributed by atoms with Gasteiger partial charge in [-0.15, -0.1) is 12.4 Å². The fourth-order valence-electron chi connectivity index (χ4n) is 3.78. The number of halogens is 2. The van der Waals surface area contributed by atoms with Crippen LogP contribution in [0.3, 0.4) is 0 Å². The second kappa shape index (κ2) is 7.14. The average Bonchev–Trinajstić information content (AvgIpc) is 3.10. The van der Waals surface area contributed by atoms with Crippen LogP contribution in [-0.4, -0.2) is 45.8 Å². The lowest BCUT2D eigenvalue weighted by molar-refractivity contribution is 0.0747. The van der Waals surface area contributed by atoms with Gasteiger partial charge in [-0.2, -0.15) is 5.10 Å². The molecular weight excluding hydrogens is 343 g/mol. The van der Waals surface area contributed by atoms with E-state index in [0.29, 0.717) is 29.0 Å². The van der Waals surface area contributed by atoms with Crippen LogP contribution >= 0.6 is 12.4 Å². The highest BCUT2D eigenvalue weighted by molar-refractivity contribution is 5.95. The number of aromatic nitrogens is 2. The van der Waals surface area contributed by atoms with Gasteiger partial charge in [0.1, 0.15) is 11.5 Å². The number of nitrogens with one attached hydrogen (secondary N) is 1. The van der Waals surface area contributed by atoms with Crippen molar-refractivity contribution >= 4 is 18.3 Å². The molecule has 2 bridgehead atoms. The van der Waals surface area contributed by atoms with Crippen molar-refractivity contribution in [2.75, 3.05) is 13.1 Å². The van der Waals surface area contributed by atoms with E-state index in [0.717, 1.165) is 25.9 Å². The Morgan fingerprint density at radius 1 is 1.24 bits per heavy atom. The van der Waals surface area contributed by atoms with Gasteiger partial charge < -0.3 is 10.2 Å². The van der Waals surface area contributed by atoms with Gasteiger partial charge in [-0.3, -0.25) is 4.79 Å². The molecule has 1 aromatic carbocycles. The average molecular weight is 365 g/mol. The molecule has 2 aliphatic heterocycles. The molecule has 2 aliphatic rings. The largest absolute Gasteiger partial charge is 0.337 e. The fraction of sp³-hybridized carbons (Fsp3) is 0.444. The van der Waals surface area contributed by atoms with Gasteiger partial charge >= 0.3 is 0 Å². The lowest BCUT2D eigenvalue weighted by atomic mass is 10.1. The van der Waals surface area contributed by atoms with E-state index in [2.05, 4.69) is 10.4 Å². The van der Waals surface area contributed by atoms with E-state index in [1.54, 1.807) is 24.4 Å². The van der Waals surface area contributed by atoms with E-state index < -0.39 is 0 Å². The van der Waals surface area contributed by atoms with Crippen LogP contribution in [-0.2, 0) is 0 Å². The Morgan fingerprint density at radius 3 is 2.80 bits per heavy atom.